The second kappa shape index (κ2) is 8.51. The van der Waals surface area contributed by atoms with E-state index in [1.54, 1.807) is 0 Å². The number of carbonyl (C=O) groups is 1. The summed E-state index contributed by atoms with van der Waals surface area (Å²) in [5.74, 6) is -0.312. The number of aromatic nitrogens is 2. The first-order valence-corrected chi connectivity index (χ1v) is 8.46. The van der Waals surface area contributed by atoms with Gasteiger partial charge in [0.25, 0.3) is 5.91 Å². The summed E-state index contributed by atoms with van der Waals surface area (Å²) in [5, 5.41) is 11.9. The van der Waals surface area contributed by atoms with Gasteiger partial charge in [0.2, 0.25) is 0 Å². The molecule has 6 nitrogen and oxygen atoms in total. The smallest absolute Gasteiger partial charge is 0.271 e. The highest BCUT2D eigenvalue weighted by Crippen LogP contribution is 2.17. The summed E-state index contributed by atoms with van der Waals surface area (Å²) in [5.41, 5.74) is 3.76. The van der Waals surface area contributed by atoms with Crippen LogP contribution >= 0.6 is 0 Å². The van der Waals surface area contributed by atoms with Crippen molar-refractivity contribution in [1.29, 1.82) is 0 Å². The molecule has 3 aromatic rings. The molecule has 0 aliphatic carbocycles. The molecule has 134 valence electrons. The van der Waals surface area contributed by atoms with E-state index < -0.39 is 0 Å². The fourth-order valence-corrected chi connectivity index (χ4v) is 2.59. The summed E-state index contributed by atoms with van der Waals surface area (Å²) in [6.07, 6.45) is 1.12. The van der Waals surface area contributed by atoms with Gasteiger partial charge in [0.15, 0.2) is 0 Å². The fourth-order valence-electron chi connectivity index (χ4n) is 2.59. The van der Waals surface area contributed by atoms with Gasteiger partial charge in [-0.25, -0.2) is 4.98 Å². The Morgan fingerprint density at radius 1 is 1.15 bits per heavy atom. The highest BCUT2D eigenvalue weighted by molar-refractivity contribution is 5.93. The molecular formula is C20H21N3O3. The van der Waals surface area contributed by atoms with E-state index in [1.165, 1.54) is 6.20 Å². The first-order valence-electron chi connectivity index (χ1n) is 8.46. The van der Waals surface area contributed by atoms with Gasteiger partial charge in [-0.1, -0.05) is 42.0 Å². The number of nitrogens with one attached hydrogen (secondary N) is 1. The van der Waals surface area contributed by atoms with Crippen molar-refractivity contribution < 1.29 is 14.6 Å². The van der Waals surface area contributed by atoms with Crippen molar-refractivity contribution in [3.05, 3.63) is 71.5 Å². The van der Waals surface area contributed by atoms with E-state index in [0.717, 1.165) is 16.6 Å². The number of fused-ring (bicyclic) bond motifs is 1. The van der Waals surface area contributed by atoms with E-state index in [0.29, 0.717) is 5.52 Å². The molecule has 0 radical (unpaired) electrons. The molecule has 2 N–H and O–H groups in total. The third kappa shape index (κ3) is 4.41. The van der Waals surface area contributed by atoms with Crippen LogP contribution in [0.2, 0.25) is 0 Å². The van der Waals surface area contributed by atoms with Crippen LogP contribution in [0, 0.1) is 6.92 Å². The van der Waals surface area contributed by atoms with Crippen molar-refractivity contribution in [2.45, 2.75) is 13.0 Å². The van der Waals surface area contributed by atoms with Crippen LogP contribution in [0.1, 0.15) is 27.7 Å². The first-order chi connectivity index (χ1) is 12.7. The molecule has 0 saturated carbocycles. The van der Waals surface area contributed by atoms with Crippen LogP contribution in [0.25, 0.3) is 11.0 Å². The molecule has 1 aromatic heterocycles. The largest absolute Gasteiger partial charge is 0.394 e. The minimum absolute atomic E-state index is 0.0769. The van der Waals surface area contributed by atoms with Gasteiger partial charge in [-0.2, -0.15) is 0 Å². The quantitative estimate of drug-likeness (QED) is 0.683. The third-order valence-corrected chi connectivity index (χ3v) is 3.99. The van der Waals surface area contributed by atoms with Crippen LogP contribution in [0.5, 0.6) is 0 Å². The highest BCUT2D eigenvalue weighted by atomic mass is 16.5. The molecule has 1 amide bonds. The molecule has 0 bridgehead atoms. The zero-order valence-electron chi connectivity index (χ0n) is 14.6. The van der Waals surface area contributed by atoms with Crippen LogP contribution in [-0.4, -0.2) is 40.7 Å². The van der Waals surface area contributed by atoms with Crippen LogP contribution in [0.3, 0.4) is 0 Å². The number of hydrogen-bond acceptors (Lipinski definition) is 5. The summed E-state index contributed by atoms with van der Waals surface area (Å²) in [6.45, 7) is 2.40. The Morgan fingerprint density at radius 3 is 2.62 bits per heavy atom. The van der Waals surface area contributed by atoms with Crippen molar-refractivity contribution in [2.24, 2.45) is 0 Å². The van der Waals surface area contributed by atoms with E-state index in [1.807, 2.05) is 55.5 Å². The molecule has 1 heterocycles. The Hall–Kier alpha value is -2.83. The predicted molar refractivity (Wildman–Crippen MR) is 98.8 cm³/mol. The fraction of sp³-hybridized carbons (Fsp3) is 0.250. The van der Waals surface area contributed by atoms with Gasteiger partial charge in [0.05, 0.1) is 36.5 Å². The number of para-hydroxylation sites is 2. The average molecular weight is 351 g/mol. The maximum absolute atomic E-state index is 12.4. The summed E-state index contributed by atoms with van der Waals surface area (Å²) >= 11 is 0. The lowest BCUT2D eigenvalue weighted by atomic mass is 10.1. The number of carbonyl (C=O) groups excluding carboxylic acids is 1. The van der Waals surface area contributed by atoms with Gasteiger partial charge >= 0.3 is 0 Å². The number of aliphatic hydroxyl groups excluding tert-OH is 1. The van der Waals surface area contributed by atoms with E-state index in [4.69, 9.17) is 9.84 Å². The summed E-state index contributed by atoms with van der Waals surface area (Å²) in [4.78, 5) is 21.0. The zero-order valence-corrected chi connectivity index (χ0v) is 14.6. The minimum Gasteiger partial charge on any atom is -0.394 e. The van der Waals surface area contributed by atoms with Gasteiger partial charge in [-0.15, -0.1) is 0 Å². The lowest BCUT2D eigenvalue weighted by Gasteiger charge is -2.18. The molecule has 0 spiro atoms. The van der Waals surface area contributed by atoms with Crippen LogP contribution in [0.15, 0.2) is 54.7 Å². The second-order valence-corrected chi connectivity index (χ2v) is 5.95. The molecule has 0 aliphatic heterocycles. The standard InChI is InChI=1S/C20H21N3O3/c1-14-6-8-15(9-7-14)19(26-11-10-24)13-22-20(25)18-12-21-16-4-2-3-5-17(16)23-18/h2-9,12,19,24H,10-11,13H2,1H3,(H,22,25). The molecule has 1 atom stereocenters. The lowest BCUT2D eigenvalue weighted by Crippen LogP contribution is -2.30. The zero-order chi connectivity index (χ0) is 18.4. The summed E-state index contributed by atoms with van der Waals surface area (Å²) in [6, 6.07) is 15.3. The lowest BCUT2D eigenvalue weighted by molar-refractivity contribution is 0.0277. The monoisotopic (exact) mass is 351 g/mol. The number of aliphatic hydroxyl groups is 1. The molecule has 1 unspecified atom stereocenters. The number of hydrogen-bond donors (Lipinski definition) is 2. The minimum atomic E-state index is -0.347. The van der Waals surface area contributed by atoms with E-state index in [-0.39, 0.29) is 37.5 Å². The molecule has 26 heavy (non-hydrogen) atoms. The van der Waals surface area contributed by atoms with Gasteiger partial charge < -0.3 is 15.2 Å². The first kappa shape index (κ1) is 18.0. The Bertz CT molecular complexity index is 881. The van der Waals surface area contributed by atoms with Crippen molar-refractivity contribution in [3.63, 3.8) is 0 Å². The molecule has 0 saturated heterocycles. The van der Waals surface area contributed by atoms with Crippen molar-refractivity contribution in [2.75, 3.05) is 19.8 Å². The Kier molecular flexibility index (Phi) is 5.88. The second-order valence-electron chi connectivity index (χ2n) is 5.95. The van der Waals surface area contributed by atoms with E-state index in [2.05, 4.69) is 15.3 Å². The van der Waals surface area contributed by atoms with Crippen molar-refractivity contribution in [3.8, 4) is 0 Å². The number of rotatable bonds is 7. The highest BCUT2D eigenvalue weighted by Gasteiger charge is 2.15. The maximum Gasteiger partial charge on any atom is 0.271 e. The molecule has 0 aliphatic rings. The molecule has 0 fully saturated rings. The van der Waals surface area contributed by atoms with Gasteiger partial charge in [-0.3, -0.25) is 9.78 Å². The number of nitrogens with zero attached hydrogens (tertiary/aromatic N) is 2. The number of ether oxygens (including phenoxy) is 1. The molecule has 3 rings (SSSR count). The Morgan fingerprint density at radius 2 is 1.88 bits per heavy atom. The normalized spacial score (nSPS) is 12.1. The van der Waals surface area contributed by atoms with Crippen molar-refractivity contribution >= 4 is 16.9 Å². The Labute approximate surface area is 151 Å². The van der Waals surface area contributed by atoms with Crippen molar-refractivity contribution in [1.82, 2.24) is 15.3 Å². The van der Waals surface area contributed by atoms with Gasteiger partial charge in [0.1, 0.15) is 5.69 Å². The van der Waals surface area contributed by atoms with E-state index >= 15 is 0 Å². The summed E-state index contributed by atoms with van der Waals surface area (Å²) in [7, 11) is 0. The van der Waals surface area contributed by atoms with Gasteiger partial charge in [0, 0.05) is 6.54 Å². The molecule has 6 heteroatoms. The SMILES string of the molecule is Cc1ccc(C(CNC(=O)c2cnc3ccccc3n2)OCCO)cc1. The van der Waals surface area contributed by atoms with Crippen LogP contribution in [0.4, 0.5) is 0 Å². The number of aryl methyl sites for hydroxylation is 1. The Balaban J connectivity index is 1.70. The topological polar surface area (TPSA) is 84.3 Å². The molecular weight excluding hydrogens is 330 g/mol. The molecule has 2 aromatic carbocycles. The van der Waals surface area contributed by atoms with E-state index in [9.17, 15) is 4.79 Å². The van der Waals surface area contributed by atoms with Crippen LogP contribution in [-0.2, 0) is 4.74 Å². The maximum atomic E-state index is 12.4. The number of amides is 1. The van der Waals surface area contributed by atoms with Crippen LogP contribution < -0.4 is 5.32 Å². The average Bonchev–Trinajstić information content (AvgIpc) is 2.68. The van der Waals surface area contributed by atoms with Gasteiger partial charge in [-0.05, 0) is 24.6 Å². The third-order valence-electron chi connectivity index (χ3n) is 3.99. The number of benzene rings is 2. The summed E-state index contributed by atoms with van der Waals surface area (Å²) < 4.78 is 5.67. The predicted octanol–water partition coefficient (Wildman–Crippen LogP) is 2.42.